The number of aliphatic hydroxyl groups is 1. The zero-order valence-corrected chi connectivity index (χ0v) is 10.0. The predicted octanol–water partition coefficient (Wildman–Crippen LogP) is -0.356. The second-order valence-electron chi connectivity index (χ2n) is 4.47. The van der Waals surface area contributed by atoms with Crippen molar-refractivity contribution in [2.75, 3.05) is 0 Å². The first-order chi connectivity index (χ1) is 8.38. The first-order valence-corrected chi connectivity index (χ1v) is 5.41. The third kappa shape index (κ3) is 2.58. The Balaban J connectivity index is 2.29. The molecule has 6 nitrogen and oxygen atoms in total. The lowest BCUT2D eigenvalue weighted by atomic mass is 9.80. The second-order valence-corrected chi connectivity index (χ2v) is 4.47. The van der Waals surface area contributed by atoms with Gasteiger partial charge >= 0.3 is 7.12 Å². The first kappa shape index (κ1) is 12.8. The van der Waals surface area contributed by atoms with Crippen molar-refractivity contribution in [2.24, 2.45) is 0 Å². The Hall–Kier alpha value is -1.70. The molecule has 0 aliphatic carbocycles. The van der Waals surface area contributed by atoms with Crippen LogP contribution in [0.5, 0.6) is 0 Å². The molecule has 0 fully saturated rings. The van der Waals surface area contributed by atoms with Crippen molar-refractivity contribution < 1.29 is 19.6 Å². The van der Waals surface area contributed by atoms with Crippen LogP contribution in [0.2, 0.25) is 0 Å². The summed E-state index contributed by atoms with van der Waals surface area (Å²) in [7, 11) is -1.51. The molecular formula is C11H13BN2O4. The first-order valence-electron chi connectivity index (χ1n) is 5.41. The van der Waals surface area contributed by atoms with Gasteiger partial charge < -0.3 is 19.6 Å². The predicted molar refractivity (Wildman–Crippen MR) is 64.8 cm³/mol. The maximum Gasteiger partial charge on any atom is 0.488 e. The Morgan fingerprint density at radius 3 is 2.17 bits per heavy atom. The lowest BCUT2D eigenvalue weighted by molar-refractivity contribution is 0.0488. The van der Waals surface area contributed by atoms with Gasteiger partial charge in [0, 0.05) is 5.56 Å². The lowest BCUT2D eigenvalue weighted by Crippen LogP contribution is -2.29. The van der Waals surface area contributed by atoms with Crippen molar-refractivity contribution >= 4 is 12.6 Å². The number of hydrogen-bond donors (Lipinski definition) is 3. The number of nitrogens with zero attached hydrogens (tertiary/aromatic N) is 2. The minimum absolute atomic E-state index is 0.128. The summed E-state index contributed by atoms with van der Waals surface area (Å²) < 4.78 is 5.34. The van der Waals surface area contributed by atoms with Gasteiger partial charge in [-0.3, -0.25) is 0 Å². The van der Waals surface area contributed by atoms with E-state index in [4.69, 9.17) is 14.5 Å². The third-order valence-corrected chi connectivity index (χ3v) is 2.40. The molecule has 0 bridgehead atoms. The van der Waals surface area contributed by atoms with Crippen LogP contribution >= 0.6 is 0 Å². The van der Waals surface area contributed by atoms with Gasteiger partial charge in [0.05, 0.1) is 0 Å². The highest BCUT2D eigenvalue weighted by Gasteiger charge is 2.24. The maximum absolute atomic E-state index is 9.70. The molecule has 94 valence electrons. The minimum atomic E-state index is -1.51. The van der Waals surface area contributed by atoms with Crippen LogP contribution in [0.4, 0.5) is 0 Å². The summed E-state index contributed by atoms with van der Waals surface area (Å²) in [4.78, 5) is 0. The molecule has 0 amide bonds. The average Bonchev–Trinajstić information content (AvgIpc) is 2.78. The third-order valence-electron chi connectivity index (χ3n) is 2.40. The van der Waals surface area contributed by atoms with E-state index in [0.717, 1.165) is 0 Å². The Bertz CT molecular complexity index is 531. The van der Waals surface area contributed by atoms with Gasteiger partial charge in [-0.15, -0.1) is 10.2 Å². The molecular weight excluding hydrogens is 235 g/mol. The number of hydrogen-bond acceptors (Lipinski definition) is 6. The van der Waals surface area contributed by atoms with Crippen molar-refractivity contribution in [3.05, 3.63) is 30.2 Å². The molecule has 0 atom stereocenters. The van der Waals surface area contributed by atoms with Crippen LogP contribution in [0.3, 0.4) is 0 Å². The maximum atomic E-state index is 9.70. The fourth-order valence-electron chi connectivity index (χ4n) is 1.38. The van der Waals surface area contributed by atoms with Crippen LogP contribution in [-0.4, -0.2) is 32.5 Å². The van der Waals surface area contributed by atoms with Crippen LogP contribution in [-0.2, 0) is 5.60 Å². The standard InChI is InChI=1S/C11H13BN2O4/c1-11(2,15)10-14-13-9(18-10)7-3-5-8(6-4-7)12(16)17/h3-6,15-17H,1-2H3. The van der Waals surface area contributed by atoms with Crippen LogP contribution in [0, 0.1) is 0 Å². The van der Waals surface area contributed by atoms with Crippen molar-refractivity contribution in [2.45, 2.75) is 19.4 Å². The zero-order valence-electron chi connectivity index (χ0n) is 10.0. The van der Waals surface area contributed by atoms with Crippen LogP contribution in [0.15, 0.2) is 28.7 Å². The molecule has 7 heteroatoms. The number of aromatic nitrogens is 2. The van der Waals surface area contributed by atoms with E-state index < -0.39 is 12.7 Å². The van der Waals surface area contributed by atoms with E-state index in [9.17, 15) is 5.11 Å². The van der Waals surface area contributed by atoms with E-state index in [0.29, 0.717) is 11.0 Å². The molecule has 0 saturated carbocycles. The van der Waals surface area contributed by atoms with Crippen LogP contribution in [0.1, 0.15) is 19.7 Å². The number of rotatable bonds is 3. The van der Waals surface area contributed by atoms with Gasteiger partial charge in [-0.05, 0) is 31.4 Å². The van der Waals surface area contributed by atoms with E-state index in [-0.39, 0.29) is 11.8 Å². The highest BCUT2D eigenvalue weighted by atomic mass is 16.4. The van der Waals surface area contributed by atoms with Gasteiger partial charge in [-0.1, -0.05) is 12.1 Å². The fraction of sp³-hybridized carbons (Fsp3) is 0.273. The molecule has 0 radical (unpaired) electrons. The molecule has 0 spiro atoms. The van der Waals surface area contributed by atoms with Gasteiger partial charge in [-0.25, -0.2) is 0 Å². The monoisotopic (exact) mass is 248 g/mol. The summed E-state index contributed by atoms with van der Waals surface area (Å²) in [5.74, 6) is 0.398. The normalized spacial score (nSPS) is 11.6. The minimum Gasteiger partial charge on any atom is -0.423 e. The highest BCUT2D eigenvalue weighted by molar-refractivity contribution is 6.58. The molecule has 18 heavy (non-hydrogen) atoms. The molecule has 1 heterocycles. The second kappa shape index (κ2) is 4.53. The molecule has 1 aromatic heterocycles. The van der Waals surface area contributed by atoms with Crippen molar-refractivity contribution in [3.63, 3.8) is 0 Å². The Morgan fingerprint density at radius 2 is 1.72 bits per heavy atom. The van der Waals surface area contributed by atoms with Gasteiger partial charge in [0.2, 0.25) is 11.8 Å². The van der Waals surface area contributed by atoms with Crippen molar-refractivity contribution in [1.29, 1.82) is 0 Å². The highest BCUT2D eigenvalue weighted by Crippen LogP contribution is 2.23. The summed E-state index contributed by atoms with van der Waals surface area (Å²) in [6.45, 7) is 3.10. The zero-order chi connectivity index (χ0) is 13.3. The summed E-state index contributed by atoms with van der Waals surface area (Å²) in [6, 6.07) is 6.37. The van der Waals surface area contributed by atoms with Gasteiger partial charge in [-0.2, -0.15) is 0 Å². The molecule has 0 unspecified atom stereocenters. The van der Waals surface area contributed by atoms with Crippen LogP contribution < -0.4 is 5.46 Å². The Morgan fingerprint density at radius 1 is 1.11 bits per heavy atom. The topological polar surface area (TPSA) is 99.6 Å². The molecule has 1 aromatic carbocycles. The average molecular weight is 248 g/mol. The van der Waals surface area contributed by atoms with Crippen LogP contribution in [0.25, 0.3) is 11.5 Å². The van der Waals surface area contributed by atoms with E-state index in [2.05, 4.69) is 10.2 Å². The Labute approximate surface area is 104 Å². The quantitative estimate of drug-likeness (QED) is 0.641. The van der Waals surface area contributed by atoms with E-state index in [1.807, 2.05) is 0 Å². The van der Waals surface area contributed by atoms with Gasteiger partial charge in [0.25, 0.3) is 0 Å². The molecule has 2 aromatic rings. The SMILES string of the molecule is CC(C)(O)c1nnc(-c2ccc(B(O)O)cc2)o1. The van der Waals surface area contributed by atoms with Crippen molar-refractivity contribution in [3.8, 4) is 11.5 Å². The Kier molecular flexibility index (Phi) is 3.21. The van der Waals surface area contributed by atoms with Gasteiger partial charge in [0.1, 0.15) is 5.60 Å². The molecule has 0 aliphatic heterocycles. The fourth-order valence-corrected chi connectivity index (χ4v) is 1.38. The summed E-state index contributed by atoms with van der Waals surface area (Å²) in [5.41, 5.74) is -0.171. The molecule has 3 N–H and O–H groups in total. The number of benzene rings is 1. The molecule has 2 rings (SSSR count). The smallest absolute Gasteiger partial charge is 0.423 e. The largest absolute Gasteiger partial charge is 0.488 e. The van der Waals surface area contributed by atoms with Crippen molar-refractivity contribution in [1.82, 2.24) is 10.2 Å². The molecule has 0 saturated heterocycles. The van der Waals surface area contributed by atoms with E-state index >= 15 is 0 Å². The lowest BCUT2D eigenvalue weighted by Gasteiger charge is -2.09. The summed E-state index contributed by atoms with van der Waals surface area (Å²) >= 11 is 0. The summed E-state index contributed by atoms with van der Waals surface area (Å²) in [5, 5.41) is 35.2. The van der Waals surface area contributed by atoms with Gasteiger partial charge in [0.15, 0.2) is 0 Å². The summed E-state index contributed by atoms with van der Waals surface area (Å²) in [6.07, 6.45) is 0. The molecule has 0 aliphatic rings. The van der Waals surface area contributed by atoms with E-state index in [1.165, 1.54) is 0 Å². The van der Waals surface area contributed by atoms with E-state index in [1.54, 1.807) is 38.1 Å².